The average molecular weight is 482 g/mol. The fourth-order valence-corrected chi connectivity index (χ4v) is 5.90. The first kappa shape index (κ1) is 26.6. The molecule has 188 valence electrons. The molecule has 33 heavy (non-hydrogen) atoms. The molecule has 0 aromatic rings. The van der Waals surface area contributed by atoms with Crippen molar-refractivity contribution in [2.45, 2.75) is 102 Å². The summed E-state index contributed by atoms with van der Waals surface area (Å²) >= 11 is 1.73. The molecule has 0 aliphatic carbocycles. The maximum atomic E-state index is 13.2. The molecule has 7 heteroatoms. The van der Waals surface area contributed by atoms with Crippen molar-refractivity contribution < 1.29 is 23.7 Å². The summed E-state index contributed by atoms with van der Waals surface area (Å²) in [5, 5.41) is 3.51. The summed E-state index contributed by atoms with van der Waals surface area (Å²) in [6, 6.07) is 0. The van der Waals surface area contributed by atoms with E-state index in [0.29, 0.717) is 17.7 Å². The van der Waals surface area contributed by atoms with Crippen LogP contribution in [0.1, 0.15) is 80.1 Å². The molecular formula is C26H43NO5S. The summed E-state index contributed by atoms with van der Waals surface area (Å²) in [5.74, 6) is 0.504. The zero-order valence-corrected chi connectivity index (χ0v) is 22.1. The molecule has 3 aliphatic heterocycles. The van der Waals surface area contributed by atoms with Gasteiger partial charge in [0.1, 0.15) is 6.61 Å². The maximum absolute atomic E-state index is 13.2. The summed E-state index contributed by atoms with van der Waals surface area (Å²) in [4.78, 5) is 13.2. The minimum absolute atomic E-state index is 0.0257. The van der Waals surface area contributed by atoms with E-state index in [0.717, 1.165) is 58.3 Å². The minimum atomic E-state index is -0.550. The molecule has 6 nitrogen and oxygen atoms in total. The molecule has 0 aromatic carbocycles. The average Bonchev–Trinajstić information content (AvgIpc) is 2.80. The normalized spacial score (nSPS) is 24.2. The number of amides is 1. The summed E-state index contributed by atoms with van der Waals surface area (Å²) in [6.45, 7) is 15.5. The first-order chi connectivity index (χ1) is 15.6. The fraction of sp³-hybridized carbons (Fsp3) is 0.808. The highest BCUT2D eigenvalue weighted by molar-refractivity contribution is 8.01. The van der Waals surface area contributed by atoms with Gasteiger partial charge in [-0.2, -0.15) is 0 Å². The first-order valence-corrected chi connectivity index (χ1v) is 13.4. The topological polar surface area (TPSA) is 66.0 Å². The molecule has 0 aromatic heterocycles. The predicted octanol–water partition coefficient (Wildman–Crippen LogP) is 5.33. The molecular weight excluding hydrogens is 438 g/mol. The summed E-state index contributed by atoms with van der Waals surface area (Å²) in [5.41, 5.74) is 2.18. The van der Waals surface area contributed by atoms with Gasteiger partial charge in [0, 0.05) is 36.6 Å². The summed E-state index contributed by atoms with van der Waals surface area (Å²) in [7, 11) is 0. The quantitative estimate of drug-likeness (QED) is 0.480. The molecule has 1 amide bonds. The molecule has 0 radical (unpaired) electrons. The van der Waals surface area contributed by atoms with Gasteiger partial charge in [0.2, 0.25) is 5.91 Å². The van der Waals surface area contributed by atoms with E-state index in [1.54, 1.807) is 11.8 Å². The number of ether oxygens (including phenoxy) is 4. The van der Waals surface area contributed by atoms with Crippen LogP contribution in [0.15, 0.2) is 23.1 Å². The van der Waals surface area contributed by atoms with Crippen LogP contribution in [-0.4, -0.2) is 54.7 Å². The van der Waals surface area contributed by atoms with Crippen molar-refractivity contribution in [3.05, 3.63) is 23.1 Å². The van der Waals surface area contributed by atoms with Gasteiger partial charge in [-0.25, -0.2) is 0 Å². The van der Waals surface area contributed by atoms with Crippen LogP contribution < -0.4 is 5.32 Å². The van der Waals surface area contributed by atoms with Gasteiger partial charge < -0.3 is 18.9 Å². The lowest BCUT2D eigenvalue weighted by Crippen LogP contribution is -2.43. The first-order valence-electron chi connectivity index (χ1n) is 12.5. The third-order valence-corrected chi connectivity index (χ3v) is 8.68. The number of hydrogen-bond acceptors (Lipinski definition) is 6. The molecule has 0 bridgehead atoms. The maximum Gasteiger partial charge on any atom is 0.242 e. The van der Waals surface area contributed by atoms with Crippen molar-refractivity contribution in [3.63, 3.8) is 0 Å². The molecule has 0 spiro atoms. The zero-order chi connectivity index (χ0) is 24.1. The van der Waals surface area contributed by atoms with E-state index in [1.165, 1.54) is 11.1 Å². The van der Waals surface area contributed by atoms with Crippen LogP contribution in [0.3, 0.4) is 0 Å². The molecule has 0 saturated carbocycles. The third-order valence-electron chi connectivity index (χ3n) is 7.10. The number of hydrogen-bond donors (Lipinski definition) is 1. The van der Waals surface area contributed by atoms with Crippen molar-refractivity contribution in [3.8, 4) is 0 Å². The molecule has 3 heterocycles. The van der Waals surface area contributed by atoms with Crippen molar-refractivity contribution in [2.24, 2.45) is 5.41 Å². The fourth-order valence-electron chi connectivity index (χ4n) is 4.49. The molecule has 1 N–H and O–H groups in total. The monoisotopic (exact) mass is 481 g/mol. The predicted molar refractivity (Wildman–Crippen MR) is 133 cm³/mol. The molecule has 1 unspecified atom stereocenters. The lowest BCUT2D eigenvalue weighted by molar-refractivity contribution is -0.200. The van der Waals surface area contributed by atoms with Crippen LogP contribution >= 0.6 is 11.8 Å². The smallest absolute Gasteiger partial charge is 0.242 e. The van der Waals surface area contributed by atoms with Crippen LogP contribution in [0.2, 0.25) is 0 Å². The Labute approximate surface area is 204 Å². The second-order valence-electron chi connectivity index (χ2n) is 10.4. The van der Waals surface area contributed by atoms with Gasteiger partial charge in [-0.15, -0.1) is 11.8 Å². The Kier molecular flexibility index (Phi) is 9.35. The largest absolute Gasteiger partial charge is 0.474 e. The number of thioether (sulfide) groups is 1. The Balaban J connectivity index is 1.69. The highest BCUT2D eigenvalue weighted by atomic mass is 32.2. The molecule has 2 atom stereocenters. The Morgan fingerprint density at radius 2 is 1.91 bits per heavy atom. The Morgan fingerprint density at radius 1 is 1.18 bits per heavy atom. The number of nitrogens with one attached hydrogen (secondary N) is 1. The van der Waals surface area contributed by atoms with Crippen molar-refractivity contribution in [1.29, 1.82) is 0 Å². The zero-order valence-electron chi connectivity index (χ0n) is 21.3. The Bertz CT molecular complexity index is 733. The van der Waals surface area contributed by atoms with Crippen molar-refractivity contribution in [2.75, 3.05) is 26.4 Å². The Hall–Kier alpha value is -1.02. The van der Waals surface area contributed by atoms with E-state index in [-0.39, 0.29) is 23.7 Å². The van der Waals surface area contributed by atoms with Gasteiger partial charge in [-0.1, -0.05) is 20.8 Å². The molecule has 2 saturated heterocycles. The van der Waals surface area contributed by atoms with Gasteiger partial charge in [-0.05, 0) is 70.4 Å². The van der Waals surface area contributed by atoms with E-state index in [2.05, 4.69) is 33.0 Å². The van der Waals surface area contributed by atoms with E-state index >= 15 is 0 Å². The van der Waals surface area contributed by atoms with E-state index in [9.17, 15) is 4.79 Å². The van der Waals surface area contributed by atoms with Crippen LogP contribution in [0.4, 0.5) is 0 Å². The van der Waals surface area contributed by atoms with E-state index in [4.69, 9.17) is 18.9 Å². The molecule has 3 aliphatic rings. The van der Waals surface area contributed by atoms with Crippen molar-refractivity contribution in [1.82, 2.24) is 5.32 Å². The standard InChI is InChI=1S/C26H43NO5S/c1-7-19-17-31-22(27-24(28)26(5,6)33-20-11-14-29-15-12-20)16-21(19)25(3,4)18(2)32-23-10-8-9-13-30-23/h16,18,20,23H,7-15,17H2,1-6H3,(H,27,28)/t18-,23?/m0/s1. The van der Waals surface area contributed by atoms with E-state index in [1.807, 2.05) is 19.9 Å². The number of carbonyl (C=O) groups excluding carboxylic acids is 1. The Morgan fingerprint density at radius 3 is 2.55 bits per heavy atom. The highest BCUT2D eigenvalue weighted by Gasteiger charge is 2.37. The van der Waals surface area contributed by atoms with Crippen LogP contribution in [-0.2, 0) is 23.7 Å². The van der Waals surface area contributed by atoms with Gasteiger partial charge in [0.05, 0.1) is 10.9 Å². The second-order valence-corrected chi connectivity index (χ2v) is 12.3. The van der Waals surface area contributed by atoms with Crippen LogP contribution in [0.5, 0.6) is 0 Å². The summed E-state index contributed by atoms with van der Waals surface area (Å²) in [6.07, 6.45) is 7.91. The number of rotatable bonds is 9. The lowest BCUT2D eigenvalue weighted by Gasteiger charge is -2.39. The second kappa shape index (κ2) is 11.6. The SMILES string of the molecule is CCC1=C(C(C)(C)[C@H](C)OC2CCCCO2)C=C(NC(=O)C(C)(C)SC2CCOCC2)OC1. The molecule has 2 fully saturated rings. The van der Waals surface area contributed by atoms with Crippen LogP contribution in [0.25, 0.3) is 0 Å². The van der Waals surface area contributed by atoms with Crippen LogP contribution in [0, 0.1) is 5.41 Å². The van der Waals surface area contributed by atoms with Gasteiger partial charge in [-0.3, -0.25) is 10.1 Å². The number of carbonyl (C=O) groups is 1. The third kappa shape index (κ3) is 7.00. The minimum Gasteiger partial charge on any atom is -0.474 e. The van der Waals surface area contributed by atoms with E-state index < -0.39 is 4.75 Å². The summed E-state index contributed by atoms with van der Waals surface area (Å²) < 4.78 is 23.0. The highest BCUT2D eigenvalue weighted by Crippen LogP contribution is 2.40. The van der Waals surface area contributed by atoms with Gasteiger partial charge in [0.25, 0.3) is 0 Å². The number of allylic oxidation sites excluding steroid dienone is 1. The molecule has 3 rings (SSSR count). The van der Waals surface area contributed by atoms with Gasteiger partial charge in [0.15, 0.2) is 12.2 Å². The van der Waals surface area contributed by atoms with Gasteiger partial charge >= 0.3 is 0 Å². The lowest BCUT2D eigenvalue weighted by atomic mass is 9.76. The van der Waals surface area contributed by atoms with Crippen molar-refractivity contribution >= 4 is 17.7 Å².